The van der Waals surface area contributed by atoms with Crippen LogP contribution in [0.2, 0.25) is 10.0 Å². The molecular weight excluding hydrogens is 469 g/mol. The van der Waals surface area contributed by atoms with Gasteiger partial charge in [-0.25, -0.2) is 0 Å². The van der Waals surface area contributed by atoms with Gasteiger partial charge in [-0.3, -0.25) is 14.5 Å². The van der Waals surface area contributed by atoms with Crippen LogP contribution in [-0.2, 0) is 9.59 Å². The van der Waals surface area contributed by atoms with E-state index in [0.29, 0.717) is 15.7 Å². The quantitative estimate of drug-likeness (QED) is 0.266. The van der Waals surface area contributed by atoms with Gasteiger partial charge in [0, 0.05) is 15.6 Å². The molecule has 4 rings (SSSR count). The molecule has 1 amide bonds. The highest BCUT2D eigenvalue weighted by atomic mass is 35.5. The topological polar surface area (TPSA) is 66.8 Å². The second-order valence-electron chi connectivity index (χ2n) is 7.44. The van der Waals surface area contributed by atoms with Gasteiger partial charge in [0.05, 0.1) is 23.3 Å². The third-order valence-corrected chi connectivity index (χ3v) is 6.95. The summed E-state index contributed by atoms with van der Waals surface area (Å²) in [4.78, 5) is 28.6. The summed E-state index contributed by atoms with van der Waals surface area (Å²) < 4.78 is 5.40. The minimum Gasteiger partial charge on any atom is -0.507 e. The number of Topliss-reactive ketones (excluding diaryl/α,β-unsaturated/α-hetero) is 1. The summed E-state index contributed by atoms with van der Waals surface area (Å²) in [6.07, 6.45) is 0. The number of aliphatic hydroxyl groups excluding tert-OH is 1. The van der Waals surface area contributed by atoms with Crippen LogP contribution in [0, 0.1) is 13.8 Å². The third-order valence-electron chi connectivity index (χ3n) is 5.35. The van der Waals surface area contributed by atoms with E-state index in [1.54, 1.807) is 36.4 Å². The molecule has 3 aromatic rings. The zero-order valence-corrected chi connectivity index (χ0v) is 19.8. The van der Waals surface area contributed by atoms with E-state index in [1.165, 1.54) is 23.3 Å². The first-order chi connectivity index (χ1) is 15.2. The van der Waals surface area contributed by atoms with Crippen molar-refractivity contribution in [1.82, 2.24) is 0 Å². The number of amides is 1. The van der Waals surface area contributed by atoms with Gasteiger partial charge in [-0.05, 0) is 72.8 Å². The monoisotopic (exact) mass is 487 g/mol. The lowest BCUT2D eigenvalue weighted by atomic mass is 9.97. The van der Waals surface area contributed by atoms with Crippen LogP contribution in [0.4, 0.5) is 5.69 Å². The molecule has 8 heteroatoms. The van der Waals surface area contributed by atoms with Crippen LogP contribution < -0.4 is 9.64 Å². The number of ketones is 1. The predicted octanol–water partition coefficient (Wildman–Crippen LogP) is 6.31. The molecule has 0 aliphatic carbocycles. The SMILES string of the molecule is COc1c(Cl)cc(C)cc1/C(O)=C1\C(=O)C(=O)N(c2ccc(Cl)cc2)C1c1sccc1C. The summed E-state index contributed by atoms with van der Waals surface area (Å²) in [5.74, 6) is -1.62. The highest BCUT2D eigenvalue weighted by Gasteiger charge is 2.48. The summed E-state index contributed by atoms with van der Waals surface area (Å²) in [6.45, 7) is 3.72. The lowest BCUT2D eigenvalue weighted by Gasteiger charge is -2.25. The zero-order chi connectivity index (χ0) is 23.2. The molecule has 1 aliphatic rings. The molecule has 32 heavy (non-hydrogen) atoms. The molecule has 1 aliphatic heterocycles. The first kappa shape index (κ1) is 22.4. The van der Waals surface area contributed by atoms with Crippen LogP contribution in [0.3, 0.4) is 0 Å². The summed E-state index contributed by atoms with van der Waals surface area (Å²) in [5.41, 5.74) is 2.41. The van der Waals surface area contributed by atoms with E-state index in [4.69, 9.17) is 27.9 Å². The van der Waals surface area contributed by atoms with Crippen LogP contribution in [-0.4, -0.2) is 23.9 Å². The fraction of sp³-hybridized carbons (Fsp3) is 0.167. The van der Waals surface area contributed by atoms with Crippen molar-refractivity contribution < 1.29 is 19.4 Å². The Bertz CT molecular complexity index is 1260. The molecule has 5 nitrogen and oxygen atoms in total. The number of ether oxygens (including phenoxy) is 1. The Hall–Kier alpha value is -2.80. The number of aliphatic hydroxyl groups is 1. The number of rotatable bonds is 4. The number of hydrogen-bond donors (Lipinski definition) is 1. The summed E-state index contributed by atoms with van der Waals surface area (Å²) >= 11 is 13.8. The van der Waals surface area contributed by atoms with Crippen LogP contribution in [0.1, 0.15) is 27.6 Å². The lowest BCUT2D eigenvalue weighted by molar-refractivity contribution is -0.132. The molecule has 1 saturated heterocycles. The number of aryl methyl sites for hydroxylation is 2. The number of carbonyl (C=O) groups excluding carboxylic acids is 2. The average Bonchev–Trinajstić information content (AvgIpc) is 3.28. The van der Waals surface area contributed by atoms with Gasteiger partial charge in [-0.2, -0.15) is 0 Å². The number of thiophene rings is 1. The van der Waals surface area contributed by atoms with E-state index in [1.807, 2.05) is 25.3 Å². The van der Waals surface area contributed by atoms with Crippen LogP contribution >= 0.6 is 34.5 Å². The molecule has 0 saturated carbocycles. The maximum absolute atomic E-state index is 13.3. The molecule has 1 atom stereocenters. The van der Waals surface area contributed by atoms with Crippen LogP contribution in [0.25, 0.3) is 5.76 Å². The number of hydrogen-bond acceptors (Lipinski definition) is 5. The van der Waals surface area contributed by atoms with Crippen molar-refractivity contribution in [3.8, 4) is 5.75 Å². The second-order valence-corrected chi connectivity index (χ2v) is 9.23. The van der Waals surface area contributed by atoms with Gasteiger partial charge in [-0.1, -0.05) is 23.2 Å². The minimum absolute atomic E-state index is 0.0181. The molecule has 1 fully saturated rings. The van der Waals surface area contributed by atoms with E-state index in [9.17, 15) is 14.7 Å². The molecule has 164 valence electrons. The summed E-state index contributed by atoms with van der Waals surface area (Å²) in [7, 11) is 1.43. The molecule has 0 spiro atoms. The second kappa shape index (κ2) is 8.62. The molecule has 0 radical (unpaired) electrons. The van der Waals surface area contributed by atoms with E-state index in [-0.39, 0.29) is 22.6 Å². The minimum atomic E-state index is -0.805. The van der Waals surface area contributed by atoms with Crippen molar-refractivity contribution in [3.05, 3.63) is 85.0 Å². The van der Waals surface area contributed by atoms with Crippen molar-refractivity contribution in [2.24, 2.45) is 0 Å². The highest BCUT2D eigenvalue weighted by Crippen LogP contribution is 2.46. The van der Waals surface area contributed by atoms with Crippen LogP contribution in [0.15, 0.2) is 53.4 Å². The molecule has 0 bridgehead atoms. The molecule has 1 aromatic heterocycles. The normalized spacial score (nSPS) is 17.8. The number of carbonyl (C=O) groups is 2. The Balaban J connectivity index is 2.00. The summed E-state index contributed by atoms with van der Waals surface area (Å²) in [6, 6.07) is 11.1. The lowest BCUT2D eigenvalue weighted by Crippen LogP contribution is -2.29. The number of nitrogens with zero attached hydrogens (tertiary/aromatic N) is 1. The van der Waals surface area contributed by atoms with E-state index in [0.717, 1.165) is 16.0 Å². The number of benzene rings is 2. The molecule has 2 heterocycles. The maximum atomic E-state index is 13.3. The zero-order valence-electron chi connectivity index (χ0n) is 17.5. The van der Waals surface area contributed by atoms with Gasteiger partial charge in [0.1, 0.15) is 17.6 Å². The van der Waals surface area contributed by atoms with Crippen molar-refractivity contribution in [3.63, 3.8) is 0 Å². The standard InChI is InChI=1S/C24H19Cl2NO4S/c1-12-10-16(22(31-3)17(26)11-12)20(28)18-19(23-13(2)8-9-32-23)27(24(30)21(18)29)15-6-4-14(25)5-7-15/h4-11,19,28H,1-3H3/b20-18+. The van der Waals surface area contributed by atoms with Crippen molar-refractivity contribution >= 4 is 57.7 Å². The predicted molar refractivity (Wildman–Crippen MR) is 128 cm³/mol. The van der Waals surface area contributed by atoms with Crippen LogP contribution in [0.5, 0.6) is 5.75 Å². The average molecular weight is 488 g/mol. The Morgan fingerprint density at radius 1 is 1.09 bits per heavy atom. The van der Waals surface area contributed by atoms with Gasteiger partial charge in [0.2, 0.25) is 0 Å². The Morgan fingerprint density at radius 3 is 2.38 bits per heavy atom. The Morgan fingerprint density at radius 2 is 1.78 bits per heavy atom. The fourth-order valence-corrected chi connectivity index (χ4v) is 5.37. The molecular formula is C24H19Cl2NO4S. The number of methoxy groups -OCH3 is 1. The first-order valence-electron chi connectivity index (χ1n) is 9.69. The van der Waals surface area contributed by atoms with E-state index >= 15 is 0 Å². The summed E-state index contributed by atoms with van der Waals surface area (Å²) in [5, 5.41) is 14.1. The third kappa shape index (κ3) is 3.68. The van der Waals surface area contributed by atoms with Crippen molar-refractivity contribution in [2.45, 2.75) is 19.9 Å². The van der Waals surface area contributed by atoms with Gasteiger partial charge < -0.3 is 9.84 Å². The molecule has 2 aromatic carbocycles. The first-order valence-corrected chi connectivity index (χ1v) is 11.3. The largest absolute Gasteiger partial charge is 0.507 e. The smallest absolute Gasteiger partial charge is 0.300 e. The molecule has 1 N–H and O–H groups in total. The highest BCUT2D eigenvalue weighted by molar-refractivity contribution is 7.10. The van der Waals surface area contributed by atoms with E-state index in [2.05, 4.69) is 0 Å². The number of anilines is 1. The Kier molecular flexibility index (Phi) is 6.03. The maximum Gasteiger partial charge on any atom is 0.300 e. The van der Waals surface area contributed by atoms with Crippen molar-refractivity contribution in [1.29, 1.82) is 0 Å². The van der Waals surface area contributed by atoms with Gasteiger partial charge in [0.25, 0.3) is 11.7 Å². The fourth-order valence-electron chi connectivity index (χ4n) is 3.87. The van der Waals surface area contributed by atoms with Gasteiger partial charge in [-0.15, -0.1) is 11.3 Å². The van der Waals surface area contributed by atoms with Gasteiger partial charge >= 0.3 is 0 Å². The van der Waals surface area contributed by atoms with Crippen molar-refractivity contribution in [2.75, 3.05) is 12.0 Å². The van der Waals surface area contributed by atoms with Gasteiger partial charge in [0.15, 0.2) is 0 Å². The number of halogens is 2. The molecule has 1 unspecified atom stereocenters. The Labute approximate surface area is 199 Å². The van der Waals surface area contributed by atoms with E-state index < -0.39 is 17.7 Å².